The van der Waals surface area contributed by atoms with Crippen molar-refractivity contribution < 1.29 is 32.2 Å². The number of carbonyl (C=O) groups excluding carboxylic acids is 1. The van der Waals surface area contributed by atoms with Crippen molar-refractivity contribution in [3.05, 3.63) is 28.2 Å². The fourth-order valence-electron chi connectivity index (χ4n) is 1.98. The van der Waals surface area contributed by atoms with Gasteiger partial charge in [0.1, 0.15) is 0 Å². The summed E-state index contributed by atoms with van der Waals surface area (Å²) >= 11 is 12.2. The predicted octanol–water partition coefficient (Wildman–Crippen LogP) is 4.34. The summed E-state index contributed by atoms with van der Waals surface area (Å²) in [5.74, 6) is -4.40. The number of urea groups is 1. The third-order valence-electron chi connectivity index (χ3n) is 3.44. The topological polar surface area (TPSA) is 38.8 Å². The standard InChI is InChI=1S/C21H32Cl2N4O/c1-25(2)21(28)24-17-8-6-16(7-9-17)10-11-26-12-14-27(15-13-26)19-5-3-4-18(22)20(19)23/h3-5,16-17H,6-15H2,1-2H3,(H,24,28)/i6D2,7D2,8D2,9D2,10D2,12D2,13D2,14D2,15D2,16D,17D. The number of halogens is 2. The van der Waals surface area contributed by atoms with E-state index in [1.807, 2.05) is 0 Å². The van der Waals surface area contributed by atoms with Crippen molar-refractivity contribution >= 4 is 34.9 Å². The van der Waals surface area contributed by atoms with Crippen LogP contribution in [0.3, 0.4) is 0 Å². The first-order valence-electron chi connectivity index (χ1n) is 18.0. The lowest BCUT2D eigenvalue weighted by Gasteiger charge is -2.37. The van der Waals surface area contributed by atoms with Crippen LogP contribution in [0.15, 0.2) is 18.2 Å². The van der Waals surface area contributed by atoms with E-state index in [0.717, 1.165) is 20.2 Å². The molecule has 2 amide bonds. The van der Waals surface area contributed by atoms with Crippen LogP contribution in [0.25, 0.3) is 0 Å². The molecule has 1 saturated carbocycles. The molecule has 1 aliphatic carbocycles. The Morgan fingerprint density at radius 2 is 1.93 bits per heavy atom. The number of nitrogens with zero attached hydrogens (tertiary/aromatic N) is 3. The van der Waals surface area contributed by atoms with Crippen LogP contribution in [-0.4, -0.2) is 68.5 Å². The highest BCUT2D eigenvalue weighted by Gasteiger charge is 2.24. The Labute approximate surface area is 207 Å². The molecular weight excluding hydrogens is 395 g/mol. The number of rotatable bonds is 5. The van der Waals surface area contributed by atoms with Crippen molar-refractivity contribution in [3.8, 4) is 0 Å². The highest BCUT2D eigenvalue weighted by Crippen LogP contribution is 2.33. The molecule has 1 N–H and O–H groups in total. The lowest BCUT2D eigenvalue weighted by Crippen LogP contribution is -2.47. The molecule has 0 radical (unpaired) electrons. The molecule has 0 atom stereocenters. The minimum absolute atomic E-state index is 0.00493. The summed E-state index contributed by atoms with van der Waals surface area (Å²) in [4.78, 5) is 12.8. The zero-order chi connectivity index (χ0) is 38.1. The third-order valence-corrected chi connectivity index (χ3v) is 4.25. The highest BCUT2D eigenvalue weighted by atomic mass is 35.5. The predicted molar refractivity (Wildman–Crippen MR) is 118 cm³/mol. The molecule has 1 heterocycles. The van der Waals surface area contributed by atoms with Gasteiger partial charge in [0.25, 0.3) is 0 Å². The fraction of sp³-hybridized carbons (Fsp3) is 0.667. The Kier molecular flexibility index (Phi) is 2.69. The Balaban J connectivity index is 2.31. The van der Waals surface area contributed by atoms with Crippen molar-refractivity contribution in [3.63, 3.8) is 0 Å². The van der Waals surface area contributed by atoms with Crippen molar-refractivity contribution in [2.75, 3.05) is 51.5 Å². The maximum absolute atomic E-state index is 12.5. The minimum Gasteiger partial charge on any atom is -0.368 e. The van der Waals surface area contributed by atoms with E-state index in [1.165, 1.54) is 12.1 Å². The first-order chi connectivity index (χ1) is 21.0. The smallest absolute Gasteiger partial charge is 0.317 e. The average molecular weight is 448 g/mol. The quantitative estimate of drug-likeness (QED) is 0.730. The molecule has 0 spiro atoms. The third kappa shape index (κ3) is 5.68. The molecule has 2 aliphatic rings. The molecule has 7 heteroatoms. The first-order valence-corrected chi connectivity index (χ1v) is 8.74. The van der Waals surface area contributed by atoms with Gasteiger partial charge in [-0.05, 0) is 56.4 Å². The second-order valence-electron chi connectivity index (χ2n) is 5.69. The van der Waals surface area contributed by atoms with Gasteiger partial charge in [-0.25, -0.2) is 4.79 Å². The van der Waals surface area contributed by atoms with E-state index in [4.69, 9.17) is 50.6 Å². The zero-order valence-corrected chi connectivity index (χ0v) is 16.5. The number of benzene rings is 1. The second-order valence-corrected chi connectivity index (χ2v) is 6.48. The lowest BCUT2D eigenvalue weighted by atomic mass is 9.84. The van der Waals surface area contributed by atoms with Crippen LogP contribution in [0, 0.1) is 5.89 Å². The Hall–Kier alpha value is -1.17. The van der Waals surface area contributed by atoms with Crippen LogP contribution in [-0.2, 0) is 0 Å². The molecule has 3 rings (SSSR count). The van der Waals surface area contributed by atoms with E-state index in [9.17, 15) is 4.79 Å². The number of piperazine rings is 1. The van der Waals surface area contributed by atoms with E-state index >= 15 is 0 Å². The number of hydrogen-bond acceptors (Lipinski definition) is 3. The monoisotopic (exact) mass is 446 g/mol. The normalized spacial score (nSPS) is 54.2. The van der Waals surface area contributed by atoms with Gasteiger partial charge in [0, 0.05) is 66.7 Å². The van der Waals surface area contributed by atoms with Crippen molar-refractivity contribution in [2.24, 2.45) is 5.89 Å². The van der Waals surface area contributed by atoms with Crippen LogP contribution in [0.4, 0.5) is 10.5 Å². The first kappa shape index (κ1) is 7.51. The zero-order valence-electron chi connectivity index (χ0n) is 34.9. The second kappa shape index (κ2) is 10.0. The molecule has 1 aromatic carbocycles. The van der Waals surface area contributed by atoms with E-state index in [-0.39, 0.29) is 14.8 Å². The molecule has 1 saturated heterocycles. The molecule has 28 heavy (non-hydrogen) atoms. The number of hydrogen-bond donors (Lipinski definition) is 1. The molecular formula is C21H32Cl2N4O. The summed E-state index contributed by atoms with van der Waals surface area (Å²) in [5.41, 5.74) is -0.626. The molecule has 0 aromatic heterocycles. The van der Waals surface area contributed by atoms with Crippen LogP contribution in [0.5, 0.6) is 0 Å². The van der Waals surface area contributed by atoms with E-state index in [1.54, 1.807) is 5.32 Å². The molecule has 5 nitrogen and oxygen atoms in total. The van der Waals surface area contributed by atoms with Crippen molar-refractivity contribution in [1.82, 2.24) is 15.1 Å². The van der Waals surface area contributed by atoms with Gasteiger partial charge in [0.05, 0.1) is 22.6 Å². The summed E-state index contributed by atoms with van der Waals surface area (Å²) in [6, 6.07) is -1.87. The SMILES string of the molecule is [2H]C([2H])(CN1C([2H])([2H])C([2H])([2H])N(c2cccc(Cl)c2Cl)C([2H])([2H])C1([2H])[2H])C1([2H])C([2H])([2H])C([2H])([2H])C([2H])(NC(=O)N(C)C)C([2H])([2H])C1([2H])[2H]. The molecule has 2 fully saturated rings. The number of nitrogens with one attached hydrogen (secondary N) is 1. The fourth-order valence-corrected chi connectivity index (χ4v) is 2.36. The van der Waals surface area contributed by atoms with E-state index in [2.05, 4.69) is 0 Å². The van der Waals surface area contributed by atoms with Gasteiger partial charge in [-0.15, -0.1) is 0 Å². The van der Waals surface area contributed by atoms with Gasteiger partial charge in [0.15, 0.2) is 0 Å². The summed E-state index contributed by atoms with van der Waals surface area (Å²) in [6.07, 6.45) is -21.1. The summed E-state index contributed by atoms with van der Waals surface area (Å²) in [5, 5.41) is 0.828. The summed E-state index contributed by atoms with van der Waals surface area (Å²) in [7, 11) is 2.17. The van der Waals surface area contributed by atoms with Gasteiger partial charge in [-0.3, -0.25) is 4.90 Å². The van der Waals surface area contributed by atoms with Crippen molar-refractivity contribution in [2.45, 2.75) is 37.9 Å². The van der Waals surface area contributed by atoms with Gasteiger partial charge >= 0.3 is 6.03 Å². The molecule has 0 unspecified atom stereocenters. The molecule has 1 aromatic rings. The van der Waals surface area contributed by atoms with E-state index in [0.29, 0.717) is 4.90 Å². The molecule has 0 bridgehead atoms. The summed E-state index contributed by atoms with van der Waals surface area (Å²) < 4.78 is 173. The maximum Gasteiger partial charge on any atom is 0.317 e. The maximum atomic E-state index is 12.5. The molecule has 1 aliphatic heterocycles. The Bertz CT molecular complexity index is 1410. The molecule has 156 valence electrons. The lowest BCUT2D eigenvalue weighted by molar-refractivity contribution is 0.194. The number of anilines is 1. The van der Waals surface area contributed by atoms with Crippen LogP contribution < -0.4 is 10.2 Å². The van der Waals surface area contributed by atoms with Gasteiger partial charge in [-0.2, -0.15) is 0 Å². The van der Waals surface area contributed by atoms with Gasteiger partial charge in [-0.1, -0.05) is 29.3 Å². The minimum atomic E-state index is -4.40. The van der Waals surface area contributed by atoms with Crippen molar-refractivity contribution in [1.29, 1.82) is 0 Å². The Morgan fingerprint density at radius 3 is 2.57 bits per heavy atom. The van der Waals surface area contributed by atoms with Gasteiger partial charge in [0.2, 0.25) is 0 Å². The average Bonchev–Trinajstić information content (AvgIpc) is 2.91. The number of carbonyl (C=O) groups is 1. The summed E-state index contributed by atoms with van der Waals surface area (Å²) in [6.45, 7) is -17.2. The van der Waals surface area contributed by atoms with Crippen LogP contribution in [0.2, 0.25) is 10.0 Å². The largest absolute Gasteiger partial charge is 0.368 e. The van der Waals surface area contributed by atoms with Crippen LogP contribution in [0.1, 0.15) is 59.3 Å². The Morgan fingerprint density at radius 1 is 1.25 bits per heavy atom. The number of amides is 2. The highest BCUT2D eigenvalue weighted by molar-refractivity contribution is 6.43. The van der Waals surface area contributed by atoms with E-state index < -0.39 is 93.0 Å². The van der Waals surface area contributed by atoms with Crippen LogP contribution >= 0.6 is 23.2 Å². The van der Waals surface area contributed by atoms with Gasteiger partial charge < -0.3 is 15.1 Å².